The highest BCUT2D eigenvalue weighted by atomic mass is 16.3. The maximum atomic E-state index is 8.90. The molecular weight excluding hydrogens is 945 g/mol. The van der Waals surface area contributed by atoms with E-state index in [1.807, 2.05) is 18.2 Å². The van der Waals surface area contributed by atoms with Crippen LogP contribution in [0.3, 0.4) is 0 Å². The minimum absolute atomic E-state index is 0.0438. The standard InChI is InChI=1S/C67H4.C8H8N2O/c1-3-5-7-9-11-13-15-17-19-21-23-25-27-29-31-33-35-37-39-41-43-45-47-49-51-53-55-57-59-61-63-65-67-66-64-62-60-58-56-54-52-50-48-46-44-42-40-38-36-34-32-30-28-26-24-22-20-18-16-14-12-10-8-6-4-2;11-4-6-2-1-3-7-8(6)10-5-9-7/h1H,2H3;1-3,5,11H,4H2,(H,9,10). The second kappa shape index (κ2) is 52.1. The Balaban J connectivity index is 0.00000241. The van der Waals surface area contributed by atoms with Crippen LogP contribution < -0.4 is 0 Å². The number of aromatic nitrogens is 2. The van der Waals surface area contributed by atoms with E-state index in [1.54, 1.807) is 13.3 Å². The molecule has 0 aliphatic carbocycles. The van der Waals surface area contributed by atoms with Crippen molar-refractivity contribution in [3.63, 3.8) is 0 Å². The normalized spacial score (nSPS) is 4.88. The maximum absolute atomic E-state index is 8.90. The van der Waals surface area contributed by atoms with Gasteiger partial charge in [0.25, 0.3) is 0 Å². The molecule has 1 aromatic heterocycles. The molecule has 3 heteroatoms. The summed E-state index contributed by atoms with van der Waals surface area (Å²) in [6.07, 6.45) is 6.57. The summed E-state index contributed by atoms with van der Waals surface area (Å²) in [5.74, 6) is 162. The van der Waals surface area contributed by atoms with Gasteiger partial charge in [0.15, 0.2) is 0 Å². The Kier molecular flexibility index (Phi) is 40.2. The Morgan fingerprint density at radius 3 is 0.679 bits per heavy atom. The van der Waals surface area contributed by atoms with Crippen LogP contribution in [0.4, 0.5) is 0 Å². The zero-order valence-corrected chi connectivity index (χ0v) is 40.0. The second-order valence-electron chi connectivity index (χ2n) is 10.6. The molecule has 0 aliphatic rings. The summed E-state index contributed by atoms with van der Waals surface area (Å²) in [5.41, 5.74) is 2.69. The van der Waals surface area contributed by atoms with Gasteiger partial charge in [-0.3, -0.25) is 0 Å². The maximum Gasteiger partial charge on any atom is 0.0937 e. The predicted molar refractivity (Wildman–Crippen MR) is 305 cm³/mol. The number of fused-ring (bicyclic) bond motifs is 1. The highest BCUT2D eigenvalue weighted by Gasteiger charge is 1.99. The summed E-state index contributed by atoms with van der Waals surface area (Å²) in [4.78, 5) is 7.05. The summed E-state index contributed by atoms with van der Waals surface area (Å²) in [6.45, 7) is 1.73. The Morgan fingerprint density at radius 1 is 0.308 bits per heavy atom. The number of rotatable bonds is 1. The molecule has 3 nitrogen and oxygen atoms in total. The third-order valence-corrected chi connectivity index (χ3v) is 5.78. The van der Waals surface area contributed by atoms with Crippen molar-refractivity contribution in [3.8, 4) is 391 Å². The number of nitrogens with one attached hydrogen (secondary N) is 1. The fraction of sp³-hybridized carbons (Fsp3) is 0.0267. The Morgan fingerprint density at radius 2 is 0.500 bits per heavy atom. The third kappa shape index (κ3) is 42.7. The number of imidazole rings is 1. The fourth-order valence-corrected chi connectivity index (χ4v) is 3.16. The fourth-order valence-electron chi connectivity index (χ4n) is 3.16. The first kappa shape index (κ1) is 60.1. The lowest BCUT2D eigenvalue weighted by atomic mass is 10.2. The lowest BCUT2D eigenvalue weighted by molar-refractivity contribution is 0.283. The van der Waals surface area contributed by atoms with Crippen LogP contribution >= 0.6 is 0 Å². The monoisotopic (exact) mass is 956 g/mol. The molecule has 2 N–H and O–H groups in total. The number of aromatic amines is 1. The minimum atomic E-state index is 0.0438. The Labute approximate surface area is 458 Å². The van der Waals surface area contributed by atoms with Gasteiger partial charge in [-0.15, -0.1) is 6.42 Å². The first-order valence-electron chi connectivity index (χ1n) is 20.2. The van der Waals surface area contributed by atoms with E-state index in [0.29, 0.717) is 0 Å². The number of para-hydroxylation sites is 1. The van der Waals surface area contributed by atoms with E-state index < -0.39 is 0 Å². The summed E-state index contributed by atoms with van der Waals surface area (Å²) >= 11 is 0. The van der Waals surface area contributed by atoms with Gasteiger partial charge in [0.2, 0.25) is 0 Å². The zero-order valence-electron chi connectivity index (χ0n) is 40.0. The number of hydrogen-bond donors (Lipinski definition) is 2. The van der Waals surface area contributed by atoms with Crippen molar-refractivity contribution in [2.75, 3.05) is 0 Å². The molecule has 0 aliphatic heterocycles. The van der Waals surface area contributed by atoms with Crippen LogP contribution in [0.1, 0.15) is 12.5 Å². The van der Waals surface area contributed by atoms with Crippen LogP contribution in [0, 0.1) is 391 Å². The molecule has 2 aromatic rings. The molecule has 1 aromatic carbocycles. The van der Waals surface area contributed by atoms with Crippen molar-refractivity contribution < 1.29 is 5.11 Å². The van der Waals surface area contributed by atoms with Gasteiger partial charge in [-0.2, -0.15) is 0 Å². The molecule has 0 bridgehead atoms. The lowest BCUT2D eigenvalue weighted by Crippen LogP contribution is -1.83. The van der Waals surface area contributed by atoms with Gasteiger partial charge in [-0.25, -0.2) is 4.98 Å². The first-order valence-corrected chi connectivity index (χ1v) is 20.2. The van der Waals surface area contributed by atoms with Crippen molar-refractivity contribution in [3.05, 3.63) is 30.1 Å². The molecular formula is C75H12N2O. The first-order chi connectivity index (χ1) is 38.8. The van der Waals surface area contributed by atoms with Gasteiger partial charge in [-0.05, 0) is 108 Å². The number of terminal acetylenes is 1. The number of aliphatic hydroxyl groups is 1. The van der Waals surface area contributed by atoms with Crippen molar-refractivity contribution in [2.24, 2.45) is 0 Å². The van der Waals surface area contributed by atoms with E-state index in [-0.39, 0.29) is 6.61 Å². The smallest absolute Gasteiger partial charge is 0.0937 e. The third-order valence-electron chi connectivity index (χ3n) is 5.78. The number of H-pyrrole nitrogens is 1. The Bertz CT molecular complexity index is 5070. The highest BCUT2D eigenvalue weighted by Crippen LogP contribution is 2.13. The zero-order chi connectivity index (χ0) is 55.6. The summed E-state index contributed by atoms with van der Waals surface area (Å²) in [5, 5.41) is 8.90. The average molecular weight is 957 g/mol. The average Bonchev–Trinajstić information content (AvgIpc) is 3.96. The van der Waals surface area contributed by atoms with Crippen LogP contribution in [0.5, 0.6) is 0 Å². The van der Waals surface area contributed by atoms with Gasteiger partial charge >= 0.3 is 0 Å². The molecule has 0 saturated carbocycles. The van der Waals surface area contributed by atoms with Gasteiger partial charge in [0.1, 0.15) is 0 Å². The van der Waals surface area contributed by atoms with E-state index in [0.717, 1.165) is 16.6 Å². The summed E-state index contributed by atoms with van der Waals surface area (Å²) in [6, 6.07) is 5.69. The van der Waals surface area contributed by atoms with Crippen LogP contribution in [-0.4, -0.2) is 15.1 Å². The van der Waals surface area contributed by atoms with Crippen molar-refractivity contribution in [1.29, 1.82) is 0 Å². The summed E-state index contributed by atoms with van der Waals surface area (Å²) < 4.78 is 0. The van der Waals surface area contributed by atoms with Gasteiger partial charge in [-0.1, -0.05) is 18.1 Å². The van der Waals surface area contributed by atoms with E-state index in [2.05, 4.69) is 395 Å². The molecule has 0 atom stereocenters. The van der Waals surface area contributed by atoms with Gasteiger partial charge in [0.05, 0.1) is 24.0 Å². The molecule has 0 spiro atoms. The van der Waals surface area contributed by atoms with Crippen molar-refractivity contribution >= 4 is 11.0 Å². The van der Waals surface area contributed by atoms with E-state index in [1.165, 1.54) is 0 Å². The number of hydrogen-bond acceptors (Lipinski definition) is 2. The lowest BCUT2D eigenvalue weighted by Gasteiger charge is -1.94. The topological polar surface area (TPSA) is 48.9 Å². The quantitative estimate of drug-likeness (QED) is 0.430. The molecule has 0 radical (unpaired) electrons. The molecule has 0 saturated heterocycles. The van der Waals surface area contributed by atoms with E-state index >= 15 is 0 Å². The largest absolute Gasteiger partial charge is 0.392 e. The van der Waals surface area contributed by atoms with E-state index in [9.17, 15) is 0 Å². The van der Waals surface area contributed by atoms with Crippen LogP contribution in [0.15, 0.2) is 24.5 Å². The number of aliphatic hydroxyl groups excluding tert-OH is 1. The SMILES string of the molecule is C#CC#CC#CC#CC#CC#CC#CC#CC#CC#CC#CC#CC#CC#CC#CC#CC#CC#CC#CC#CC#CC#CC#CC#CC#CC#CC#CC#CC#CC#CC#CC#CC#CC.OCc1cccc2[nH]cnc12. The molecule has 78 heavy (non-hydrogen) atoms. The van der Waals surface area contributed by atoms with Gasteiger partial charge in [0, 0.05) is 290 Å². The van der Waals surface area contributed by atoms with Crippen LogP contribution in [0.25, 0.3) is 11.0 Å². The molecule has 0 unspecified atom stereocenters. The van der Waals surface area contributed by atoms with Crippen molar-refractivity contribution in [1.82, 2.24) is 9.97 Å². The number of benzene rings is 1. The molecule has 328 valence electrons. The van der Waals surface area contributed by atoms with Crippen molar-refractivity contribution in [2.45, 2.75) is 13.5 Å². The summed E-state index contributed by atoms with van der Waals surface area (Å²) in [7, 11) is 0. The molecule has 0 amide bonds. The number of nitrogens with zero attached hydrogens (tertiary/aromatic N) is 1. The van der Waals surface area contributed by atoms with Crippen LogP contribution in [0.2, 0.25) is 0 Å². The predicted octanol–water partition coefficient (Wildman–Crippen LogP) is 1.80. The second-order valence-corrected chi connectivity index (χ2v) is 10.6. The van der Waals surface area contributed by atoms with E-state index in [4.69, 9.17) is 11.5 Å². The molecule has 2 rings (SSSR count). The minimum Gasteiger partial charge on any atom is -0.392 e. The molecule has 0 fully saturated rings. The van der Waals surface area contributed by atoms with Gasteiger partial charge < -0.3 is 10.1 Å². The highest BCUT2D eigenvalue weighted by molar-refractivity contribution is 5.78. The Hall–Kier alpha value is -15.9. The molecule has 1 heterocycles. The van der Waals surface area contributed by atoms with Crippen LogP contribution in [-0.2, 0) is 6.61 Å².